The number of amides is 2. The van der Waals surface area contributed by atoms with Crippen molar-refractivity contribution in [1.29, 1.82) is 5.26 Å². The van der Waals surface area contributed by atoms with Gasteiger partial charge in [0.05, 0.1) is 12.2 Å². The fraction of sp³-hybridized carbons (Fsp3) is 0.222. The number of hydrogen-bond acceptors (Lipinski definition) is 5. The minimum absolute atomic E-state index is 0.0547. The van der Waals surface area contributed by atoms with Crippen LogP contribution in [0.3, 0.4) is 0 Å². The topological polar surface area (TPSA) is 79.6 Å². The van der Waals surface area contributed by atoms with E-state index in [1.54, 1.807) is 19.1 Å². The lowest BCUT2D eigenvalue weighted by atomic mass is 9.98. The van der Waals surface area contributed by atoms with Gasteiger partial charge in [0.15, 0.2) is 0 Å². The number of nitriles is 1. The Balaban J connectivity index is 1.48. The average Bonchev–Trinajstić information content (AvgIpc) is 3.17. The van der Waals surface area contributed by atoms with Crippen molar-refractivity contribution in [2.45, 2.75) is 19.3 Å². The van der Waals surface area contributed by atoms with Crippen LogP contribution in [0.2, 0.25) is 0 Å². The lowest BCUT2D eigenvalue weighted by Crippen LogP contribution is -2.39. The van der Waals surface area contributed by atoms with Gasteiger partial charge in [-0.3, -0.25) is 0 Å². The number of ether oxygens (including phenoxy) is 2. The molecule has 0 unspecified atom stereocenters. The molecule has 172 valence electrons. The smallest absolute Gasteiger partial charge is 0.419 e. The van der Waals surface area contributed by atoms with Crippen LogP contribution in [0.5, 0.6) is 0 Å². The molecule has 0 N–H and O–H groups in total. The molecule has 0 saturated carbocycles. The highest BCUT2D eigenvalue weighted by Gasteiger charge is 2.31. The third-order valence-corrected chi connectivity index (χ3v) is 5.82. The summed E-state index contributed by atoms with van der Waals surface area (Å²) in [6.45, 7) is 1.75. The van der Waals surface area contributed by atoms with Gasteiger partial charge in [-0.25, -0.2) is 18.9 Å². The van der Waals surface area contributed by atoms with Gasteiger partial charge in [0.1, 0.15) is 18.5 Å². The SMILES string of the molecule is CCOC(=O)N(CCc1ccc(C#N)c(F)c1)C(=O)OCC1c2ccccc2-c2ccccc21. The molecule has 0 aromatic heterocycles. The first-order chi connectivity index (χ1) is 16.5. The van der Waals surface area contributed by atoms with Crippen LogP contribution in [0, 0.1) is 17.1 Å². The number of benzene rings is 3. The minimum Gasteiger partial charge on any atom is -0.449 e. The summed E-state index contributed by atoms with van der Waals surface area (Å²) >= 11 is 0. The van der Waals surface area contributed by atoms with Gasteiger partial charge in [0, 0.05) is 12.5 Å². The number of carbonyl (C=O) groups excluding carboxylic acids is 2. The van der Waals surface area contributed by atoms with E-state index in [0.717, 1.165) is 27.2 Å². The summed E-state index contributed by atoms with van der Waals surface area (Å²) in [7, 11) is 0. The quantitative estimate of drug-likeness (QED) is 0.477. The molecular formula is C27H23FN2O4. The Bertz CT molecular complexity index is 1220. The predicted molar refractivity (Wildman–Crippen MR) is 124 cm³/mol. The zero-order chi connectivity index (χ0) is 24.1. The van der Waals surface area contributed by atoms with Gasteiger partial charge in [0.25, 0.3) is 0 Å². The second kappa shape index (κ2) is 10.2. The number of halogens is 1. The predicted octanol–water partition coefficient (Wildman–Crippen LogP) is 5.65. The van der Waals surface area contributed by atoms with Crippen molar-refractivity contribution in [2.75, 3.05) is 19.8 Å². The van der Waals surface area contributed by atoms with Crippen LogP contribution < -0.4 is 0 Å². The van der Waals surface area contributed by atoms with Crippen LogP contribution in [0.1, 0.15) is 35.1 Å². The lowest BCUT2D eigenvalue weighted by molar-refractivity contribution is 0.0778. The van der Waals surface area contributed by atoms with Gasteiger partial charge in [-0.05, 0) is 53.3 Å². The molecule has 0 heterocycles. The minimum atomic E-state index is -0.825. The lowest BCUT2D eigenvalue weighted by Gasteiger charge is -2.21. The van der Waals surface area contributed by atoms with E-state index >= 15 is 0 Å². The summed E-state index contributed by atoms with van der Waals surface area (Å²) in [4.78, 5) is 26.2. The molecule has 0 fully saturated rings. The van der Waals surface area contributed by atoms with E-state index in [0.29, 0.717) is 5.56 Å². The van der Waals surface area contributed by atoms with Gasteiger partial charge >= 0.3 is 12.2 Å². The van der Waals surface area contributed by atoms with Crippen LogP contribution in [0.15, 0.2) is 66.7 Å². The number of nitrogens with zero attached hydrogens (tertiary/aromatic N) is 2. The number of hydrogen-bond donors (Lipinski definition) is 0. The maximum atomic E-state index is 13.9. The molecule has 7 heteroatoms. The maximum Gasteiger partial charge on any atom is 0.419 e. The van der Waals surface area contributed by atoms with Crippen molar-refractivity contribution < 1.29 is 23.5 Å². The highest BCUT2D eigenvalue weighted by atomic mass is 19.1. The third-order valence-electron chi connectivity index (χ3n) is 5.82. The maximum absolute atomic E-state index is 13.9. The van der Waals surface area contributed by atoms with Crippen LogP contribution in [-0.2, 0) is 15.9 Å². The van der Waals surface area contributed by atoms with Gasteiger partial charge < -0.3 is 9.47 Å². The van der Waals surface area contributed by atoms with E-state index in [1.807, 2.05) is 48.5 Å². The molecule has 0 radical (unpaired) electrons. The van der Waals surface area contributed by atoms with Crippen molar-refractivity contribution in [3.05, 3.63) is 94.8 Å². The molecule has 0 saturated heterocycles. The molecule has 1 aliphatic carbocycles. The molecule has 3 aromatic carbocycles. The summed E-state index contributed by atoms with van der Waals surface area (Å²) in [6, 6.07) is 21.9. The van der Waals surface area contributed by atoms with E-state index in [4.69, 9.17) is 14.7 Å². The normalized spacial score (nSPS) is 11.8. The van der Waals surface area contributed by atoms with Gasteiger partial charge in [-0.2, -0.15) is 5.26 Å². The molecule has 0 aliphatic heterocycles. The monoisotopic (exact) mass is 458 g/mol. The Kier molecular flexibility index (Phi) is 6.88. The largest absolute Gasteiger partial charge is 0.449 e. The summed E-state index contributed by atoms with van der Waals surface area (Å²) < 4.78 is 24.5. The molecular weight excluding hydrogens is 435 g/mol. The van der Waals surface area contributed by atoms with Crippen molar-refractivity contribution in [1.82, 2.24) is 4.90 Å². The summed E-state index contributed by atoms with van der Waals surface area (Å²) in [6.07, 6.45) is -1.46. The Morgan fingerprint density at radius 1 is 0.971 bits per heavy atom. The second-order valence-electron chi connectivity index (χ2n) is 7.83. The van der Waals surface area contributed by atoms with Crippen molar-refractivity contribution in [3.8, 4) is 17.2 Å². The van der Waals surface area contributed by atoms with Crippen LogP contribution >= 0.6 is 0 Å². The van der Waals surface area contributed by atoms with E-state index in [1.165, 1.54) is 12.1 Å². The molecule has 0 bridgehead atoms. The fourth-order valence-corrected chi connectivity index (χ4v) is 4.18. The molecule has 6 nitrogen and oxygen atoms in total. The average molecular weight is 458 g/mol. The molecule has 4 rings (SSSR count). The highest BCUT2D eigenvalue weighted by molar-refractivity contribution is 5.88. The van der Waals surface area contributed by atoms with Crippen LogP contribution in [0.25, 0.3) is 11.1 Å². The first-order valence-electron chi connectivity index (χ1n) is 11.0. The zero-order valence-corrected chi connectivity index (χ0v) is 18.7. The van der Waals surface area contributed by atoms with E-state index in [-0.39, 0.29) is 37.7 Å². The highest BCUT2D eigenvalue weighted by Crippen LogP contribution is 2.44. The Labute approximate surface area is 197 Å². The van der Waals surface area contributed by atoms with Gasteiger partial charge in [-0.15, -0.1) is 0 Å². The number of carbonyl (C=O) groups is 2. The summed E-state index contributed by atoms with van der Waals surface area (Å²) in [5, 5.41) is 8.88. The summed E-state index contributed by atoms with van der Waals surface area (Å²) in [5.74, 6) is -0.795. The van der Waals surface area contributed by atoms with E-state index in [2.05, 4.69) is 0 Å². The molecule has 0 spiro atoms. The van der Waals surface area contributed by atoms with Crippen LogP contribution in [-0.4, -0.2) is 36.8 Å². The Morgan fingerprint density at radius 2 is 1.59 bits per heavy atom. The standard InChI is InChI=1S/C27H23FN2O4/c1-2-33-26(31)30(14-13-18-11-12-19(16-29)25(28)15-18)27(32)34-17-24-22-9-5-3-7-20(22)21-8-4-6-10-23(21)24/h3-12,15,24H,2,13-14,17H2,1H3. The first kappa shape index (κ1) is 23.0. The molecule has 3 aromatic rings. The Morgan fingerprint density at radius 3 is 2.18 bits per heavy atom. The van der Waals surface area contributed by atoms with Gasteiger partial charge in [0.2, 0.25) is 0 Å². The van der Waals surface area contributed by atoms with Gasteiger partial charge in [-0.1, -0.05) is 54.6 Å². The Hall–Kier alpha value is -4.18. The van der Waals surface area contributed by atoms with Crippen molar-refractivity contribution in [3.63, 3.8) is 0 Å². The number of fused-ring (bicyclic) bond motifs is 3. The summed E-state index contributed by atoms with van der Waals surface area (Å²) in [5.41, 5.74) is 4.80. The second-order valence-corrected chi connectivity index (χ2v) is 7.83. The van der Waals surface area contributed by atoms with Crippen LogP contribution in [0.4, 0.5) is 14.0 Å². The number of imide groups is 1. The molecule has 2 amide bonds. The number of rotatable bonds is 6. The van der Waals surface area contributed by atoms with Crippen molar-refractivity contribution in [2.24, 2.45) is 0 Å². The van der Waals surface area contributed by atoms with E-state index in [9.17, 15) is 14.0 Å². The zero-order valence-electron chi connectivity index (χ0n) is 18.7. The molecule has 0 atom stereocenters. The molecule has 1 aliphatic rings. The molecule has 34 heavy (non-hydrogen) atoms. The third kappa shape index (κ3) is 4.62. The van der Waals surface area contributed by atoms with E-state index < -0.39 is 18.0 Å². The first-order valence-corrected chi connectivity index (χ1v) is 11.0. The van der Waals surface area contributed by atoms with Crippen molar-refractivity contribution >= 4 is 12.2 Å². The fourth-order valence-electron chi connectivity index (χ4n) is 4.18.